The van der Waals surface area contributed by atoms with Gasteiger partial charge in [-0.3, -0.25) is 0 Å². The fourth-order valence-electron chi connectivity index (χ4n) is 1.44. The summed E-state index contributed by atoms with van der Waals surface area (Å²) < 4.78 is 0. The lowest BCUT2D eigenvalue weighted by atomic mass is 9.99. The molecule has 0 aliphatic heterocycles. The molecule has 1 nitrogen and oxygen atoms in total. The van der Waals surface area contributed by atoms with Gasteiger partial charge in [0.2, 0.25) is 0 Å². The smallest absolute Gasteiger partial charge is 0.0551 e. The Hall–Kier alpha value is -1.60. The van der Waals surface area contributed by atoms with Gasteiger partial charge in [0.15, 0.2) is 0 Å². The predicted octanol–water partition coefficient (Wildman–Crippen LogP) is 3.37. The molecular weight excluding hydrogens is 182 g/mol. The molecule has 1 atom stereocenters. The molecule has 0 amide bonds. The average molecular weight is 199 g/mol. The van der Waals surface area contributed by atoms with Crippen molar-refractivity contribution in [2.45, 2.75) is 13.0 Å². The first-order chi connectivity index (χ1) is 7.29. The molecule has 0 fully saturated rings. The standard InChI is InChI=1S/C14H17N/c1-3-8-12(9-4-2)14(15)13-10-6-5-7-11-13/h3-11,14H,1,15H2,2H3/b9-4-,12-8+. The van der Waals surface area contributed by atoms with Crippen LogP contribution in [0.15, 0.2) is 66.8 Å². The zero-order chi connectivity index (χ0) is 11.1. The van der Waals surface area contributed by atoms with Crippen LogP contribution in [0.5, 0.6) is 0 Å². The number of nitrogens with two attached hydrogens (primary N) is 1. The third-order valence-corrected chi connectivity index (χ3v) is 2.19. The van der Waals surface area contributed by atoms with Gasteiger partial charge >= 0.3 is 0 Å². The first kappa shape index (κ1) is 11.5. The molecule has 0 saturated heterocycles. The van der Waals surface area contributed by atoms with Crippen molar-refractivity contribution < 1.29 is 0 Å². The minimum absolute atomic E-state index is 0.0830. The summed E-state index contributed by atoms with van der Waals surface area (Å²) in [5, 5.41) is 0. The van der Waals surface area contributed by atoms with Crippen molar-refractivity contribution in [3.05, 3.63) is 72.4 Å². The van der Waals surface area contributed by atoms with Crippen molar-refractivity contribution >= 4 is 0 Å². The lowest BCUT2D eigenvalue weighted by molar-refractivity contribution is 0.870. The molecular formula is C14H17N. The Balaban J connectivity index is 2.96. The van der Waals surface area contributed by atoms with Crippen LogP contribution in [0, 0.1) is 0 Å². The second-order valence-electron chi connectivity index (χ2n) is 3.29. The van der Waals surface area contributed by atoms with Gasteiger partial charge in [-0.15, -0.1) is 0 Å². The highest BCUT2D eigenvalue weighted by atomic mass is 14.6. The van der Waals surface area contributed by atoms with Gasteiger partial charge in [-0.05, 0) is 18.1 Å². The molecule has 0 bridgehead atoms. The van der Waals surface area contributed by atoms with Crippen LogP contribution >= 0.6 is 0 Å². The molecule has 0 aromatic heterocycles. The normalized spacial score (nSPS) is 14.1. The topological polar surface area (TPSA) is 26.0 Å². The lowest BCUT2D eigenvalue weighted by Gasteiger charge is -2.12. The van der Waals surface area contributed by atoms with E-state index >= 15 is 0 Å². The molecule has 0 heterocycles. The summed E-state index contributed by atoms with van der Waals surface area (Å²) in [5.74, 6) is 0. The molecule has 1 unspecified atom stereocenters. The maximum absolute atomic E-state index is 6.14. The van der Waals surface area contributed by atoms with Crippen molar-refractivity contribution in [2.75, 3.05) is 0 Å². The van der Waals surface area contributed by atoms with Gasteiger partial charge in [-0.25, -0.2) is 0 Å². The van der Waals surface area contributed by atoms with Crippen molar-refractivity contribution in [1.82, 2.24) is 0 Å². The van der Waals surface area contributed by atoms with E-state index in [1.807, 2.05) is 55.5 Å². The molecule has 1 aromatic rings. The van der Waals surface area contributed by atoms with E-state index in [4.69, 9.17) is 5.73 Å². The molecule has 15 heavy (non-hydrogen) atoms. The van der Waals surface area contributed by atoms with Gasteiger partial charge in [0.25, 0.3) is 0 Å². The Labute approximate surface area is 91.6 Å². The van der Waals surface area contributed by atoms with Crippen LogP contribution in [0.3, 0.4) is 0 Å². The third-order valence-electron chi connectivity index (χ3n) is 2.19. The summed E-state index contributed by atoms with van der Waals surface area (Å²) in [5.41, 5.74) is 8.33. The van der Waals surface area contributed by atoms with Gasteiger partial charge in [-0.1, -0.05) is 61.2 Å². The quantitative estimate of drug-likeness (QED) is 0.739. The van der Waals surface area contributed by atoms with Gasteiger partial charge in [-0.2, -0.15) is 0 Å². The Morgan fingerprint density at radius 3 is 2.53 bits per heavy atom. The fourth-order valence-corrected chi connectivity index (χ4v) is 1.44. The van der Waals surface area contributed by atoms with Crippen LogP contribution in [-0.2, 0) is 0 Å². The molecule has 0 radical (unpaired) electrons. The van der Waals surface area contributed by atoms with E-state index in [1.54, 1.807) is 6.08 Å². The number of hydrogen-bond acceptors (Lipinski definition) is 1. The van der Waals surface area contributed by atoms with Crippen molar-refractivity contribution in [3.63, 3.8) is 0 Å². The molecule has 1 rings (SSSR count). The minimum atomic E-state index is -0.0830. The maximum atomic E-state index is 6.14. The maximum Gasteiger partial charge on any atom is 0.0551 e. The zero-order valence-corrected chi connectivity index (χ0v) is 9.06. The highest BCUT2D eigenvalue weighted by Gasteiger charge is 2.07. The molecule has 1 heteroatoms. The van der Waals surface area contributed by atoms with E-state index in [-0.39, 0.29) is 6.04 Å². The molecule has 78 valence electrons. The van der Waals surface area contributed by atoms with E-state index in [0.29, 0.717) is 0 Å². The van der Waals surface area contributed by atoms with E-state index < -0.39 is 0 Å². The summed E-state index contributed by atoms with van der Waals surface area (Å²) in [6, 6.07) is 9.96. The highest BCUT2D eigenvalue weighted by molar-refractivity contribution is 5.35. The number of rotatable bonds is 4. The second-order valence-corrected chi connectivity index (χ2v) is 3.29. The SMILES string of the molecule is C=C/C=C(\C=C/C)C(N)c1ccccc1. The third kappa shape index (κ3) is 3.22. The van der Waals surface area contributed by atoms with E-state index in [9.17, 15) is 0 Å². The Morgan fingerprint density at radius 1 is 1.33 bits per heavy atom. The van der Waals surface area contributed by atoms with Gasteiger partial charge < -0.3 is 5.73 Å². The second kappa shape index (κ2) is 5.99. The first-order valence-electron chi connectivity index (χ1n) is 5.05. The minimum Gasteiger partial charge on any atom is -0.320 e. The number of hydrogen-bond donors (Lipinski definition) is 1. The van der Waals surface area contributed by atoms with Crippen LogP contribution in [-0.4, -0.2) is 0 Å². The lowest BCUT2D eigenvalue weighted by Crippen LogP contribution is -2.11. The summed E-state index contributed by atoms with van der Waals surface area (Å²) in [7, 11) is 0. The van der Waals surface area contributed by atoms with Crippen molar-refractivity contribution in [2.24, 2.45) is 5.73 Å². The summed E-state index contributed by atoms with van der Waals surface area (Å²) >= 11 is 0. The van der Waals surface area contributed by atoms with Crippen LogP contribution < -0.4 is 5.73 Å². The fraction of sp³-hybridized carbons (Fsp3) is 0.143. The van der Waals surface area contributed by atoms with Gasteiger partial charge in [0, 0.05) is 0 Å². The molecule has 0 spiro atoms. The summed E-state index contributed by atoms with van der Waals surface area (Å²) in [4.78, 5) is 0. The molecule has 1 aromatic carbocycles. The van der Waals surface area contributed by atoms with E-state index in [0.717, 1.165) is 11.1 Å². The largest absolute Gasteiger partial charge is 0.320 e. The molecule has 2 N–H and O–H groups in total. The van der Waals surface area contributed by atoms with Crippen LogP contribution in [0.1, 0.15) is 18.5 Å². The average Bonchev–Trinajstić information content (AvgIpc) is 2.29. The van der Waals surface area contributed by atoms with Crippen LogP contribution in [0.2, 0.25) is 0 Å². The Morgan fingerprint density at radius 2 is 2.00 bits per heavy atom. The van der Waals surface area contributed by atoms with Crippen molar-refractivity contribution in [3.8, 4) is 0 Å². The monoisotopic (exact) mass is 199 g/mol. The highest BCUT2D eigenvalue weighted by Crippen LogP contribution is 2.19. The van der Waals surface area contributed by atoms with E-state index in [1.165, 1.54) is 0 Å². The first-order valence-corrected chi connectivity index (χ1v) is 5.05. The van der Waals surface area contributed by atoms with Crippen LogP contribution in [0.4, 0.5) is 0 Å². The van der Waals surface area contributed by atoms with Crippen LogP contribution in [0.25, 0.3) is 0 Å². The Kier molecular flexibility index (Phi) is 4.58. The molecule has 0 aliphatic carbocycles. The number of allylic oxidation sites excluding steroid dienone is 3. The predicted molar refractivity (Wildman–Crippen MR) is 66.5 cm³/mol. The zero-order valence-electron chi connectivity index (χ0n) is 9.06. The summed E-state index contributed by atoms with van der Waals surface area (Å²) in [6.07, 6.45) is 7.70. The van der Waals surface area contributed by atoms with E-state index in [2.05, 4.69) is 6.58 Å². The van der Waals surface area contributed by atoms with Crippen molar-refractivity contribution in [1.29, 1.82) is 0 Å². The molecule has 0 saturated carbocycles. The number of benzene rings is 1. The summed E-state index contributed by atoms with van der Waals surface area (Å²) in [6.45, 7) is 5.67. The van der Waals surface area contributed by atoms with Gasteiger partial charge in [0.1, 0.15) is 0 Å². The Bertz CT molecular complexity index is 360. The molecule has 0 aliphatic rings. The van der Waals surface area contributed by atoms with Gasteiger partial charge in [0.05, 0.1) is 6.04 Å².